The summed E-state index contributed by atoms with van der Waals surface area (Å²) in [5.41, 5.74) is 0. The second-order valence-corrected chi connectivity index (χ2v) is 4.49. The van der Waals surface area contributed by atoms with Gasteiger partial charge in [0.1, 0.15) is 0 Å². The summed E-state index contributed by atoms with van der Waals surface area (Å²) in [6.45, 7) is 5.10. The first-order valence-electron chi connectivity index (χ1n) is 6.40. The first kappa shape index (κ1) is 12.5. The highest BCUT2D eigenvalue weighted by Gasteiger charge is 2.29. The fourth-order valence-electron chi connectivity index (χ4n) is 2.36. The van der Waals surface area contributed by atoms with Crippen LogP contribution in [0.3, 0.4) is 0 Å². The van der Waals surface area contributed by atoms with Crippen LogP contribution in [0.4, 0.5) is 0 Å². The molecule has 1 fully saturated rings. The molecular formula is C12H21N3O2. The molecule has 5 nitrogen and oxygen atoms in total. The maximum atomic E-state index is 5.36. The Morgan fingerprint density at radius 3 is 3.18 bits per heavy atom. The van der Waals surface area contributed by atoms with Gasteiger partial charge in [0, 0.05) is 13.5 Å². The molecule has 0 aromatic carbocycles. The molecule has 1 aromatic heterocycles. The lowest BCUT2D eigenvalue weighted by Gasteiger charge is -2.20. The highest BCUT2D eigenvalue weighted by atomic mass is 16.5. The Bertz CT molecular complexity index is 340. The second-order valence-electron chi connectivity index (χ2n) is 4.49. The molecule has 0 bridgehead atoms. The molecule has 1 aliphatic heterocycles. The molecule has 2 rings (SSSR count). The number of hydrogen-bond acceptors (Lipinski definition) is 5. The van der Waals surface area contributed by atoms with Gasteiger partial charge in [0.05, 0.1) is 12.6 Å². The van der Waals surface area contributed by atoms with Crippen LogP contribution in [-0.2, 0) is 11.2 Å². The van der Waals surface area contributed by atoms with E-state index in [4.69, 9.17) is 9.26 Å². The van der Waals surface area contributed by atoms with Crippen molar-refractivity contribution >= 4 is 0 Å². The average Bonchev–Trinajstić information content (AvgIpc) is 2.95. The van der Waals surface area contributed by atoms with Gasteiger partial charge in [-0.25, -0.2) is 0 Å². The number of rotatable bonds is 6. The van der Waals surface area contributed by atoms with Crippen LogP contribution in [0.25, 0.3) is 0 Å². The van der Waals surface area contributed by atoms with E-state index in [9.17, 15) is 0 Å². The monoisotopic (exact) mass is 239 g/mol. The summed E-state index contributed by atoms with van der Waals surface area (Å²) in [6.07, 6.45) is 4.24. The largest absolute Gasteiger partial charge is 0.384 e. The third-order valence-electron chi connectivity index (χ3n) is 3.17. The van der Waals surface area contributed by atoms with E-state index in [0.717, 1.165) is 37.6 Å². The van der Waals surface area contributed by atoms with Crippen LogP contribution in [0.15, 0.2) is 4.52 Å². The number of hydrogen-bond donors (Lipinski definition) is 0. The second kappa shape index (κ2) is 6.12. The topological polar surface area (TPSA) is 51.4 Å². The van der Waals surface area contributed by atoms with Gasteiger partial charge in [0.15, 0.2) is 5.82 Å². The van der Waals surface area contributed by atoms with Gasteiger partial charge in [-0.15, -0.1) is 0 Å². The molecule has 0 spiro atoms. The van der Waals surface area contributed by atoms with Crippen LogP contribution in [0.5, 0.6) is 0 Å². The summed E-state index contributed by atoms with van der Waals surface area (Å²) >= 11 is 0. The number of ether oxygens (including phenoxy) is 1. The van der Waals surface area contributed by atoms with E-state index in [2.05, 4.69) is 22.0 Å². The van der Waals surface area contributed by atoms with Crippen LogP contribution >= 0.6 is 0 Å². The van der Waals surface area contributed by atoms with E-state index in [-0.39, 0.29) is 0 Å². The van der Waals surface area contributed by atoms with Gasteiger partial charge >= 0.3 is 0 Å². The van der Waals surface area contributed by atoms with E-state index >= 15 is 0 Å². The Kier molecular flexibility index (Phi) is 4.50. The molecule has 0 aliphatic carbocycles. The number of likely N-dealkylation sites (tertiary alicyclic amines) is 1. The van der Waals surface area contributed by atoms with Crippen molar-refractivity contribution in [2.45, 2.75) is 38.6 Å². The fourth-order valence-corrected chi connectivity index (χ4v) is 2.36. The molecule has 2 heterocycles. The van der Waals surface area contributed by atoms with Gasteiger partial charge < -0.3 is 9.26 Å². The summed E-state index contributed by atoms with van der Waals surface area (Å²) in [6, 6.07) is 0.332. The van der Waals surface area contributed by atoms with Gasteiger partial charge in [-0.1, -0.05) is 12.1 Å². The Hall–Kier alpha value is -0.940. The van der Waals surface area contributed by atoms with Crippen molar-refractivity contribution in [3.05, 3.63) is 11.7 Å². The fraction of sp³-hybridized carbons (Fsp3) is 0.833. The van der Waals surface area contributed by atoms with Crippen LogP contribution in [0, 0.1) is 0 Å². The van der Waals surface area contributed by atoms with Crippen molar-refractivity contribution in [1.82, 2.24) is 15.0 Å². The molecule has 0 N–H and O–H groups in total. The molecular weight excluding hydrogens is 218 g/mol. The molecule has 1 saturated heterocycles. The lowest BCUT2D eigenvalue weighted by atomic mass is 10.2. The molecule has 1 unspecified atom stereocenters. The first-order chi connectivity index (χ1) is 8.35. The van der Waals surface area contributed by atoms with Crippen molar-refractivity contribution in [3.8, 4) is 0 Å². The van der Waals surface area contributed by atoms with Crippen molar-refractivity contribution in [1.29, 1.82) is 0 Å². The number of aromatic nitrogens is 2. The summed E-state index contributed by atoms with van der Waals surface area (Å²) in [7, 11) is 1.68. The van der Waals surface area contributed by atoms with Crippen molar-refractivity contribution < 1.29 is 9.26 Å². The van der Waals surface area contributed by atoms with Gasteiger partial charge in [0.25, 0.3) is 0 Å². The summed E-state index contributed by atoms with van der Waals surface area (Å²) in [4.78, 5) is 6.90. The smallest absolute Gasteiger partial charge is 0.243 e. The Balaban J connectivity index is 1.98. The lowest BCUT2D eigenvalue weighted by molar-refractivity contribution is 0.198. The number of nitrogens with zero attached hydrogens (tertiary/aromatic N) is 3. The minimum atomic E-state index is 0.332. The average molecular weight is 239 g/mol. The minimum absolute atomic E-state index is 0.332. The van der Waals surface area contributed by atoms with Crippen molar-refractivity contribution in [2.24, 2.45) is 0 Å². The van der Waals surface area contributed by atoms with Gasteiger partial charge in [0.2, 0.25) is 5.89 Å². The van der Waals surface area contributed by atoms with Crippen LogP contribution in [-0.4, -0.2) is 41.8 Å². The van der Waals surface area contributed by atoms with Crippen molar-refractivity contribution in [2.75, 3.05) is 26.8 Å². The Morgan fingerprint density at radius 2 is 2.41 bits per heavy atom. The van der Waals surface area contributed by atoms with Crippen LogP contribution < -0.4 is 0 Å². The van der Waals surface area contributed by atoms with E-state index in [0.29, 0.717) is 12.6 Å². The van der Waals surface area contributed by atoms with E-state index in [1.54, 1.807) is 7.11 Å². The van der Waals surface area contributed by atoms with E-state index in [1.165, 1.54) is 12.8 Å². The summed E-state index contributed by atoms with van der Waals surface area (Å²) in [5.74, 6) is 1.53. The lowest BCUT2D eigenvalue weighted by Crippen LogP contribution is -2.24. The zero-order chi connectivity index (χ0) is 12.1. The highest BCUT2D eigenvalue weighted by Crippen LogP contribution is 2.30. The Morgan fingerprint density at radius 1 is 1.53 bits per heavy atom. The molecule has 5 heteroatoms. The minimum Gasteiger partial charge on any atom is -0.384 e. The maximum Gasteiger partial charge on any atom is 0.243 e. The van der Waals surface area contributed by atoms with Crippen molar-refractivity contribution in [3.63, 3.8) is 0 Å². The predicted molar refractivity (Wildman–Crippen MR) is 63.7 cm³/mol. The number of methoxy groups -OCH3 is 1. The summed E-state index contributed by atoms with van der Waals surface area (Å²) < 4.78 is 10.4. The molecule has 96 valence electrons. The summed E-state index contributed by atoms with van der Waals surface area (Å²) in [5, 5.41) is 4.00. The molecule has 0 radical (unpaired) electrons. The third kappa shape index (κ3) is 3.04. The molecule has 0 saturated carbocycles. The molecule has 0 amide bonds. The van der Waals surface area contributed by atoms with Gasteiger partial charge in [-0.05, 0) is 32.4 Å². The predicted octanol–water partition coefficient (Wildman–Crippen LogP) is 1.81. The maximum absolute atomic E-state index is 5.36. The third-order valence-corrected chi connectivity index (χ3v) is 3.17. The SMILES string of the molecule is CCCN1CCCC1c1nc(CCOC)no1. The molecule has 1 aromatic rings. The normalized spacial score (nSPS) is 21.2. The zero-order valence-corrected chi connectivity index (χ0v) is 10.7. The van der Waals surface area contributed by atoms with Gasteiger partial charge in [-0.2, -0.15) is 4.98 Å². The Labute approximate surface area is 102 Å². The van der Waals surface area contributed by atoms with E-state index < -0.39 is 0 Å². The standard InChI is InChI=1S/C12H21N3O2/c1-3-7-15-8-4-5-10(15)12-13-11(14-17-12)6-9-16-2/h10H,3-9H2,1-2H3. The van der Waals surface area contributed by atoms with Gasteiger partial charge in [-0.3, -0.25) is 4.90 Å². The molecule has 17 heavy (non-hydrogen) atoms. The molecule has 1 aliphatic rings. The van der Waals surface area contributed by atoms with Crippen LogP contribution in [0.2, 0.25) is 0 Å². The van der Waals surface area contributed by atoms with Crippen LogP contribution in [0.1, 0.15) is 43.9 Å². The zero-order valence-electron chi connectivity index (χ0n) is 10.7. The molecule has 1 atom stereocenters. The van der Waals surface area contributed by atoms with E-state index in [1.807, 2.05) is 0 Å². The quantitative estimate of drug-likeness (QED) is 0.757. The first-order valence-corrected chi connectivity index (χ1v) is 6.40. The highest BCUT2D eigenvalue weighted by molar-refractivity contribution is 4.96.